The van der Waals surface area contributed by atoms with Crippen molar-refractivity contribution in [1.82, 2.24) is 4.31 Å². The molecule has 0 atom stereocenters. The van der Waals surface area contributed by atoms with Crippen molar-refractivity contribution in [2.45, 2.75) is 17.9 Å². The number of amides is 1. The smallest absolute Gasteiger partial charge is 0.218 e. The first-order valence-corrected chi connectivity index (χ1v) is 7.31. The van der Waals surface area contributed by atoms with Gasteiger partial charge in [0.1, 0.15) is 0 Å². The van der Waals surface area contributed by atoms with Crippen molar-refractivity contribution in [2.75, 3.05) is 6.54 Å². The maximum Gasteiger partial charge on any atom is 0.218 e. The molecular weight excluding hydrogens is 308 g/mol. The highest BCUT2D eigenvalue weighted by Crippen LogP contribution is 2.58. The van der Waals surface area contributed by atoms with E-state index in [4.69, 9.17) is 5.73 Å². The van der Waals surface area contributed by atoms with Gasteiger partial charge in [0.05, 0.1) is 4.90 Å². The third-order valence-electron chi connectivity index (χ3n) is 2.63. The van der Waals surface area contributed by atoms with Crippen LogP contribution in [0, 0.1) is 0 Å². The molecule has 0 aliphatic carbocycles. The van der Waals surface area contributed by atoms with Crippen molar-refractivity contribution in [3.8, 4) is 0 Å². The number of hydrogen-bond donors (Lipinski definition) is 3. The first-order chi connectivity index (χ1) is 7.91. The van der Waals surface area contributed by atoms with E-state index in [0.717, 1.165) is 10.0 Å². The van der Waals surface area contributed by atoms with Crippen LogP contribution in [0.1, 0.15) is 12.0 Å². The van der Waals surface area contributed by atoms with E-state index in [1.807, 2.05) is 6.07 Å². The highest BCUT2D eigenvalue weighted by molar-refractivity contribution is 9.10. The van der Waals surface area contributed by atoms with Gasteiger partial charge in [0.25, 0.3) is 0 Å². The van der Waals surface area contributed by atoms with Crippen LogP contribution in [0.5, 0.6) is 0 Å². The minimum absolute atomic E-state index is 0.116. The maximum absolute atomic E-state index is 10.7. The molecule has 0 saturated carbocycles. The topological polar surface area (TPSA) is 86.8 Å². The van der Waals surface area contributed by atoms with Crippen LogP contribution in [-0.4, -0.2) is 25.9 Å². The predicted octanol–water partition coefficient (Wildman–Crippen LogP) is 2.16. The quantitative estimate of drug-likeness (QED) is 0.796. The fraction of sp³-hybridized carbons (Fsp3) is 0.300. The molecule has 1 aromatic rings. The Balaban J connectivity index is 2.23. The normalized spacial score (nSPS) is 19.9. The number of rotatable bonds is 3. The van der Waals surface area contributed by atoms with Gasteiger partial charge in [0.15, 0.2) is 0 Å². The van der Waals surface area contributed by atoms with Crippen LogP contribution >= 0.6 is 26.7 Å². The van der Waals surface area contributed by atoms with E-state index in [0.29, 0.717) is 11.4 Å². The molecule has 0 radical (unpaired) electrons. The first kappa shape index (κ1) is 12.8. The molecular formula is C10H13BrN2O3S. The van der Waals surface area contributed by atoms with Crippen LogP contribution in [0.3, 0.4) is 0 Å². The van der Waals surface area contributed by atoms with Gasteiger partial charge in [-0.15, -0.1) is 10.8 Å². The molecule has 1 aromatic carbocycles. The Bertz CT molecular complexity index is 467. The van der Waals surface area contributed by atoms with Crippen LogP contribution < -0.4 is 5.73 Å². The number of primary amides is 1. The van der Waals surface area contributed by atoms with Crippen molar-refractivity contribution in [2.24, 2.45) is 5.73 Å². The zero-order valence-corrected chi connectivity index (χ0v) is 11.4. The number of nitrogens with zero attached hydrogens (tertiary/aromatic N) is 1. The van der Waals surface area contributed by atoms with E-state index in [-0.39, 0.29) is 13.0 Å². The summed E-state index contributed by atoms with van der Waals surface area (Å²) in [7, 11) is -2.95. The van der Waals surface area contributed by atoms with Crippen LogP contribution in [0.4, 0.5) is 0 Å². The fourth-order valence-electron chi connectivity index (χ4n) is 1.80. The lowest BCUT2D eigenvalue weighted by Gasteiger charge is -2.36. The van der Waals surface area contributed by atoms with Crippen LogP contribution in [0.25, 0.3) is 0 Å². The number of fused-ring (bicyclic) bond motifs is 1. The third-order valence-corrected chi connectivity index (χ3v) is 5.15. The number of benzene rings is 1. The van der Waals surface area contributed by atoms with Gasteiger partial charge in [-0.25, -0.2) is 0 Å². The van der Waals surface area contributed by atoms with Crippen molar-refractivity contribution in [1.29, 1.82) is 0 Å². The Morgan fingerprint density at radius 1 is 1.53 bits per heavy atom. The Morgan fingerprint density at radius 2 is 2.24 bits per heavy atom. The average Bonchev–Trinajstić information content (AvgIpc) is 2.46. The molecule has 5 nitrogen and oxygen atoms in total. The van der Waals surface area contributed by atoms with E-state index in [1.54, 1.807) is 12.1 Å². The van der Waals surface area contributed by atoms with E-state index in [1.165, 1.54) is 4.31 Å². The van der Waals surface area contributed by atoms with Crippen LogP contribution in [0.15, 0.2) is 27.6 Å². The van der Waals surface area contributed by atoms with Gasteiger partial charge in [0, 0.05) is 24.0 Å². The molecule has 1 aliphatic rings. The molecule has 0 saturated heterocycles. The van der Waals surface area contributed by atoms with E-state index in [2.05, 4.69) is 15.9 Å². The summed E-state index contributed by atoms with van der Waals surface area (Å²) < 4.78 is 22.6. The summed E-state index contributed by atoms with van der Waals surface area (Å²) in [5, 5.41) is 0. The lowest BCUT2D eigenvalue weighted by atomic mass is 10.2. The van der Waals surface area contributed by atoms with Crippen LogP contribution in [0.2, 0.25) is 0 Å². The van der Waals surface area contributed by atoms with Gasteiger partial charge < -0.3 is 5.73 Å². The second kappa shape index (κ2) is 4.58. The monoisotopic (exact) mass is 320 g/mol. The minimum atomic E-state index is -2.95. The van der Waals surface area contributed by atoms with Crippen LogP contribution in [-0.2, 0) is 11.3 Å². The molecule has 0 aromatic heterocycles. The third kappa shape index (κ3) is 2.48. The van der Waals surface area contributed by atoms with E-state index in [9.17, 15) is 13.9 Å². The van der Waals surface area contributed by atoms with Gasteiger partial charge in [-0.2, -0.15) is 4.31 Å². The molecule has 1 heterocycles. The molecule has 17 heavy (non-hydrogen) atoms. The Morgan fingerprint density at radius 3 is 2.88 bits per heavy atom. The molecule has 1 amide bonds. The van der Waals surface area contributed by atoms with Gasteiger partial charge >= 0.3 is 0 Å². The molecule has 0 unspecified atom stereocenters. The highest BCUT2D eigenvalue weighted by Gasteiger charge is 2.34. The summed E-state index contributed by atoms with van der Waals surface area (Å²) in [6, 6.07) is 5.32. The standard InChI is InChI=1S/C10H13BrN2O3S/c11-8-1-2-9-7(5-8)6-13(17(9,15)16)4-3-10(12)14/h1-2,5,15-16H,3-4,6H2,(H2,12,14). The Kier molecular flexibility index (Phi) is 3.46. The maximum atomic E-state index is 10.7. The molecule has 0 spiro atoms. The summed E-state index contributed by atoms with van der Waals surface area (Å²) in [4.78, 5) is 11.3. The average molecular weight is 321 g/mol. The number of nitrogens with two attached hydrogens (primary N) is 1. The summed E-state index contributed by atoms with van der Waals surface area (Å²) in [6.45, 7) is 0.675. The van der Waals surface area contributed by atoms with E-state index < -0.39 is 16.7 Å². The summed E-state index contributed by atoms with van der Waals surface area (Å²) in [5.41, 5.74) is 5.93. The molecule has 0 bridgehead atoms. The number of carbonyl (C=O) groups excluding carboxylic acids is 1. The zero-order chi connectivity index (χ0) is 12.6. The van der Waals surface area contributed by atoms with Crippen molar-refractivity contribution in [3.63, 3.8) is 0 Å². The summed E-state index contributed by atoms with van der Waals surface area (Å²) in [6.07, 6.45) is 0.116. The largest absolute Gasteiger partial charge is 0.370 e. The molecule has 7 heteroatoms. The van der Waals surface area contributed by atoms with Crippen molar-refractivity contribution < 1.29 is 13.9 Å². The van der Waals surface area contributed by atoms with Gasteiger partial charge in [-0.1, -0.05) is 15.9 Å². The molecule has 94 valence electrons. The Labute approximate surface area is 109 Å². The summed E-state index contributed by atoms with van der Waals surface area (Å²) in [5.74, 6) is -0.447. The SMILES string of the molecule is NC(=O)CCN1Cc2cc(Br)ccc2S1(O)O. The molecule has 1 aliphatic heterocycles. The predicted molar refractivity (Wildman–Crippen MR) is 69.5 cm³/mol. The first-order valence-electron chi connectivity index (χ1n) is 5.01. The lowest BCUT2D eigenvalue weighted by Crippen LogP contribution is -2.26. The fourth-order valence-corrected chi connectivity index (χ4v) is 3.88. The van der Waals surface area contributed by atoms with Crippen molar-refractivity contribution in [3.05, 3.63) is 28.2 Å². The number of carbonyl (C=O) groups is 1. The van der Waals surface area contributed by atoms with Gasteiger partial charge in [-0.05, 0) is 23.8 Å². The van der Waals surface area contributed by atoms with Crippen molar-refractivity contribution >= 4 is 32.6 Å². The second-order valence-corrected chi connectivity index (χ2v) is 6.76. The number of hydrogen-bond acceptors (Lipinski definition) is 4. The highest BCUT2D eigenvalue weighted by atomic mass is 79.9. The molecule has 0 fully saturated rings. The molecule has 2 rings (SSSR count). The molecule has 4 N–H and O–H groups in total. The van der Waals surface area contributed by atoms with Gasteiger partial charge in [0.2, 0.25) is 5.91 Å². The van der Waals surface area contributed by atoms with Gasteiger partial charge in [-0.3, -0.25) is 13.9 Å². The zero-order valence-electron chi connectivity index (χ0n) is 8.97. The van der Waals surface area contributed by atoms with E-state index >= 15 is 0 Å². The second-order valence-electron chi connectivity index (χ2n) is 3.85. The minimum Gasteiger partial charge on any atom is -0.370 e. The summed E-state index contributed by atoms with van der Waals surface area (Å²) >= 11 is 3.34. The Hall–Kier alpha value is -0.600. The lowest BCUT2D eigenvalue weighted by molar-refractivity contribution is -0.118. The number of halogens is 1.